The molecule has 0 spiro atoms. The maximum Gasteiger partial charge on any atom is 0.472 e. The molecule has 606 valence electrons. The molecule has 5 atom stereocenters. The van der Waals surface area contributed by atoms with Crippen LogP contribution in [0.15, 0.2) is 0 Å². The van der Waals surface area contributed by atoms with E-state index in [1.165, 1.54) is 270 Å². The molecule has 0 aliphatic rings. The van der Waals surface area contributed by atoms with Gasteiger partial charge in [0.15, 0.2) is 12.2 Å². The minimum atomic E-state index is -4.96. The molecule has 0 fully saturated rings. The van der Waals surface area contributed by atoms with Crippen LogP contribution < -0.4 is 0 Å². The number of rotatable bonds is 83. The number of ether oxygens (including phenoxy) is 4. The summed E-state index contributed by atoms with van der Waals surface area (Å²) in [5.74, 6) is -1.36. The first-order chi connectivity index (χ1) is 49.5. The second-order valence-corrected chi connectivity index (χ2v) is 33.3. The molecule has 0 heterocycles. The fourth-order valence-corrected chi connectivity index (χ4v) is 14.5. The van der Waals surface area contributed by atoms with Gasteiger partial charge in [0.2, 0.25) is 0 Å². The molecule has 19 heteroatoms. The maximum atomic E-state index is 13.1. The third-order valence-electron chi connectivity index (χ3n) is 19.5. The maximum absolute atomic E-state index is 13.1. The quantitative estimate of drug-likeness (QED) is 0.0222. The van der Waals surface area contributed by atoms with Crippen molar-refractivity contribution in [2.24, 2.45) is 5.92 Å². The van der Waals surface area contributed by atoms with Crippen LogP contribution in [0.1, 0.15) is 446 Å². The summed E-state index contributed by atoms with van der Waals surface area (Å²) < 4.78 is 68.8. The van der Waals surface area contributed by atoms with Gasteiger partial charge in [-0.05, 0) is 31.6 Å². The van der Waals surface area contributed by atoms with E-state index in [2.05, 4.69) is 34.6 Å². The first kappa shape index (κ1) is 100. The van der Waals surface area contributed by atoms with Gasteiger partial charge in [0, 0.05) is 25.7 Å². The van der Waals surface area contributed by atoms with Crippen LogP contribution in [-0.2, 0) is 65.4 Å². The highest BCUT2D eigenvalue weighted by atomic mass is 31.2. The van der Waals surface area contributed by atoms with Crippen LogP contribution in [0.2, 0.25) is 0 Å². The van der Waals surface area contributed by atoms with Crippen LogP contribution in [0.4, 0.5) is 0 Å². The van der Waals surface area contributed by atoms with E-state index in [1.54, 1.807) is 0 Å². The molecular formula is C83H162O17P2. The Bertz CT molecular complexity index is 1940. The summed E-state index contributed by atoms with van der Waals surface area (Å²) in [5, 5.41) is 10.7. The average molecular weight is 1490 g/mol. The van der Waals surface area contributed by atoms with Gasteiger partial charge in [-0.3, -0.25) is 37.3 Å². The Morgan fingerprint density at radius 3 is 0.667 bits per heavy atom. The van der Waals surface area contributed by atoms with E-state index in [-0.39, 0.29) is 25.7 Å². The van der Waals surface area contributed by atoms with Crippen molar-refractivity contribution >= 4 is 39.5 Å². The van der Waals surface area contributed by atoms with Crippen molar-refractivity contribution < 1.29 is 80.2 Å². The first-order valence-electron chi connectivity index (χ1n) is 43.1. The van der Waals surface area contributed by atoms with E-state index >= 15 is 0 Å². The number of carbonyl (C=O) groups excluding carboxylic acids is 4. The average Bonchev–Trinajstić information content (AvgIpc) is 0.925. The monoisotopic (exact) mass is 1490 g/mol. The van der Waals surface area contributed by atoms with Crippen LogP contribution in [0.3, 0.4) is 0 Å². The summed E-state index contributed by atoms with van der Waals surface area (Å²) in [6.45, 7) is 7.33. The van der Waals surface area contributed by atoms with Crippen molar-refractivity contribution in [1.29, 1.82) is 0 Å². The second-order valence-electron chi connectivity index (χ2n) is 30.3. The zero-order chi connectivity index (χ0) is 74.8. The lowest BCUT2D eigenvalue weighted by Gasteiger charge is -2.21. The predicted molar refractivity (Wildman–Crippen MR) is 418 cm³/mol. The van der Waals surface area contributed by atoms with E-state index in [4.69, 9.17) is 37.0 Å². The smallest absolute Gasteiger partial charge is 0.462 e. The molecule has 0 saturated carbocycles. The number of carbonyl (C=O) groups is 4. The topological polar surface area (TPSA) is 237 Å². The van der Waals surface area contributed by atoms with Crippen molar-refractivity contribution in [3.05, 3.63) is 0 Å². The first-order valence-corrected chi connectivity index (χ1v) is 46.1. The Labute approximate surface area is 626 Å². The SMILES string of the molecule is CCCCCCCCCCCCCCCCCCCCCC(=O)O[C@H](COC(=O)CCCCCCCCCCCCCCCCCCC)COP(=O)(O)OC[C@@H](O)COP(=O)(O)OC[C@@H](COC(=O)CCCCCCCCCCCC(C)C)OC(=O)CCCCCCCCCCCCCCCC. The highest BCUT2D eigenvalue weighted by molar-refractivity contribution is 7.47. The van der Waals surface area contributed by atoms with E-state index in [9.17, 15) is 43.2 Å². The minimum absolute atomic E-state index is 0.108. The van der Waals surface area contributed by atoms with Crippen LogP contribution in [0, 0.1) is 5.92 Å². The van der Waals surface area contributed by atoms with Gasteiger partial charge >= 0.3 is 39.5 Å². The Balaban J connectivity index is 5.25. The highest BCUT2D eigenvalue weighted by Gasteiger charge is 2.30. The van der Waals surface area contributed by atoms with Crippen molar-refractivity contribution in [1.82, 2.24) is 0 Å². The van der Waals surface area contributed by atoms with Crippen molar-refractivity contribution in [3.63, 3.8) is 0 Å². The van der Waals surface area contributed by atoms with Gasteiger partial charge in [-0.15, -0.1) is 0 Å². The Morgan fingerprint density at radius 1 is 0.265 bits per heavy atom. The summed E-state index contributed by atoms with van der Waals surface area (Å²) >= 11 is 0. The van der Waals surface area contributed by atoms with Gasteiger partial charge in [-0.2, -0.15) is 0 Å². The number of hydrogen-bond acceptors (Lipinski definition) is 15. The summed E-state index contributed by atoms with van der Waals surface area (Å²) in [4.78, 5) is 73.1. The second kappa shape index (κ2) is 75.9. The van der Waals surface area contributed by atoms with Crippen LogP contribution in [-0.4, -0.2) is 96.7 Å². The summed E-state index contributed by atoms with van der Waals surface area (Å²) in [6.07, 6.45) is 67.9. The van der Waals surface area contributed by atoms with Crippen LogP contribution in [0.25, 0.3) is 0 Å². The third-order valence-corrected chi connectivity index (χ3v) is 21.4. The number of aliphatic hydroxyl groups is 1. The molecule has 0 amide bonds. The van der Waals surface area contributed by atoms with Gasteiger partial charge in [0.25, 0.3) is 0 Å². The zero-order valence-electron chi connectivity index (χ0n) is 66.8. The summed E-state index contributed by atoms with van der Waals surface area (Å²) in [7, 11) is -9.92. The van der Waals surface area contributed by atoms with Crippen molar-refractivity contribution in [2.45, 2.75) is 464 Å². The number of aliphatic hydroxyl groups excluding tert-OH is 1. The normalized spacial score (nSPS) is 13.8. The Morgan fingerprint density at radius 2 is 0.451 bits per heavy atom. The fourth-order valence-electron chi connectivity index (χ4n) is 12.9. The van der Waals surface area contributed by atoms with Crippen molar-refractivity contribution in [3.8, 4) is 0 Å². The summed E-state index contributed by atoms with van der Waals surface area (Å²) in [5.41, 5.74) is 0. The molecule has 0 aliphatic carbocycles. The number of phosphoric acid groups is 2. The molecule has 17 nitrogen and oxygen atoms in total. The van der Waals surface area contributed by atoms with Gasteiger partial charge in [-0.25, -0.2) is 9.13 Å². The predicted octanol–water partition coefficient (Wildman–Crippen LogP) is 25.2. The zero-order valence-corrected chi connectivity index (χ0v) is 68.5. The fraction of sp³-hybridized carbons (Fsp3) is 0.952. The Kier molecular flexibility index (Phi) is 74.4. The van der Waals surface area contributed by atoms with E-state index < -0.39 is 97.5 Å². The molecule has 102 heavy (non-hydrogen) atoms. The standard InChI is InChI=1S/C83H162O17P2/c1-6-9-12-15-18-21-24-27-30-32-33-35-37-40-43-48-54-59-64-69-83(88)99-78(72-93-80(85)66-61-56-51-46-41-39-36-34-31-28-25-22-19-16-13-10-7-2)74-97-101(89,90)95-70-77(84)71-96-102(91,92)98-75-79(73-94-81(86)67-62-57-52-49-44-45-50-55-60-65-76(4)5)100-82(87)68-63-58-53-47-42-38-29-26-23-20-17-14-11-8-3/h76-79,84H,6-75H2,1-5H3,(H,89,90)(H,91,92)/t77-,78-,79-/m1/s1. The van der Waals surface area contributed by atoms with Crippen LogP contribution >= 0.6 is 15.6 Å². The number of hydrogen-bond donors (Lipinski definition) is 3. The van der Waals surface area contributed by atoms with Crippen molar-refractivity contribution in [2.75, 3.05) is 39.6 Å². The highest BCUT2D eigenvalue weighted by Crippen LogP contribution is 2.45. The van der Waals surface area contributed by atoms with E-state index in [0.29, 0.717) is 25.7 Å². The molecule has 0 rings (SSSR count). The molecular weight excluding hydrogens is 1330 g/mol. The van der Waals surface area contributed by atoms with Gasteiger partial charge < -0.3 is 33.8 Å². The lowest BCUT2D eigenvalue weighted by atomic mass is 10.0. The van der Waals surface area contributed by atoms with Gasteiger partial charge in [0.05, 0.1) is 26.4 Å². The lowest BCUT2D eigenvalue weighted by molar-refractivity contribution is -0.161. The number of phosphoric ester groups is 2. The largest absolute Gasteiger partial charge is 0.472 e. The molecule has 0 aromatic carbocycles. The Hall–Kier alpha value is -1.94. The minimum Gasteiger partial charge on any atom is -0.462 e. The molecule has 0 radical (unpaired) electrons. The third kappa shape index (κ3) is 76.3. The van der Waals surface area contributed by atoms with Gasteiger partial charge in [0.1, 0.15) is 19.3 Å². The number of esters is 4. The molecule has 3 N–H and O–H groups in total. The molecule has 0 saturated heterocycles. The molecule has 0 aromatic heterocycles. The van der Waals surface area contributed by atoms with Crippen LogP contribution in [0.5, 0.6) is 0 Å². The number of unbranched alkanes of at least 4 members (excludes halogenated alkanes) is 55. The molecule has 0 aromatic rings. The lowest BCUT2D eigenvalue weighted by Crippen LogP contribution is -2.30. The molecule has 0 bridgehead atoms. The van der Waals surface area contributed by atoms with Gasteiger partial charge in [-0.1, -0.05) is 394 Å². The van der Waals surface area contributed by atoms with E-state index in [1.807, 2.05) is 0 Å². The molecule has 0 aliphatic heterocycles. The van der Waals surface area contributed by atoms with E-state index in [0.717, 1.165) is 95.8 Å². The molecule has 2 unspecified atom stereocenters. The summed E-state index contributed by atoms with van der Waals surface area (Å²) in [6, 6.07) is 0.